The molecule has 0 saturated carbocycles. The summed E-state index contributed by atoms with van der Waals surface area (Å²) < 4.78 is 5.64. The highest BCUT2D eigenvalue weighted by molar-refractivity contribution is 5.95. The van der Waals surface area contributed by atoms with Crippen molar-refractivity contribution >= 4 is 17.5 Å². The number of likely N-dealkylation sites (tertiary alicyclic amines) is 1. The van der Waals surface area contributed by atoms with Crippen molar-refractivity contribution in [2.24, 2.45) is 0 Å². The molecule has 3 rings (SSSR count). The molecule has 2 aliphatic heterocycles. The normalized spacial score (nSPS) is 24.2. The Morgan fingerprint density at radius 1 is 1.25 bits per heavy atom. The van der Waals surface area contributed by atoms with Crippen molar-refractivity contribution in [2.75, 3.05) is 18.6 Å². The van der Waals surface area contributed by atoms with E-state index in [1.165, 1.54) is 6.42 Å². The molecule has 0 N–H and O–H groups in total. The van der Waals surface area contributed by atoms with Crippen molar-refractivity contribution < 1.29 is 14.3 Å². The van der Waals surface area contributed by atoms with Crippen LogP contribution < -0.4 is 9.64 Å². The third-order valence-electron chi connectivity index (χ3n) is 5.17. The molecule has 0 bridgehead atoms. The number of rotatable bonds is 2. The van der Waals surface area contributed by atoms with E-state index in [0.717, 1.165) is 24.1 Å². The van der Waals surface area contributed by atoms with Crippen molar-refractivity contribution in [3.63, 3.8) is 0 Å². The van der Waals surface area contributed by atoms with Gasteiger partial charge in [-0.05, 0) is 50.8 Å². The molecule has 2 heterocycles. The zero-order valence-corrected chi connectivity index (χ0v) is 14.7. The molecule has 2 unspecified atom stereocenters. The van der Waals surface area contributed by atoms with Crippen LogP contribution in [0.15, 0.2) is 18.2 Å². The molecule has 1 saturated heterocycles. The number of ether oxygens (including phenoxy) is 1. The number of piperidine rings is 1. The maximum atomic E-state index is 12.8. The van der Waals surface area contributed by atoms with E-state index in [1.54, 1.807) is 11.9 Å². The Balaban J connectivity index is 1.79. The van der Waals surface area contributed by atoms with Crippen LogP contribution in [0.2, 0.25) is 0 Å². The molecule has 2 aliphatic rings. The Hall–Kier alpha value is -2.04. The van der Waals surface area contributed by atoms with Gasteiger partial charge in [-0.25, -0.2) is 0 Å². The fourth-order valence-electron chi connectivity index (χ4n) is 3.79. The average Bonchev–Trinajstić information content (AvgIpc) is 2.67. The van der Waals surface area contributed by atoms with E-state index < -0.39 is 0 Å². The first kappa shape index (κ1) is 16.8. The second-order valence-electron chi connectivity index (χ2n) is 6.96. The van der Waals surface area contributed by atoms with E-state index in [4.69, 9.17) is 4.74 Å². The summed E-state index contributed by atoms with van der Waals surface area (Å²) in [6, 6.07) is 6.32. The van der Waals surface area contributed by atoms with Gasteiger partial charge in [-0.1, -0.05) is 6.07 Å². The van der Waals surface area contributed by atoms with Gasteiger partial charge in [-0.2, -0.15) is 0 Å². The zero-order valence-electron chi connectivity index (χ0n) is 14.7. The maximum Gasteiger partial charge on any atom is 0.230 e. The largest absolute Gasteiger partial charge is 0.491 e. The van der Waals surface area contributed by atoms with Gasteiger partial charge in [0, 0.05) is 19.1 Å². The fraction of sp³-hybridized carbons (Fsp3) is 0.579. The molecule has 5 nitrogen and oxygen atoms in total. The Kier molecular flexibility index (Phi) is 4.78. The van der Waals surface area contributed by atoms with Crippen LogP contribution in [0.5, 0.6) is 5.75 Å². The van der Waals surface area contributed by atoms with Crippen molar-refractivity contribution in [3.8, 4) is 5.75 Å². The number of amides is 2. The smallest absolute Gasteiger partial charge is 0.230 e. The SMILES string of the molecule is CC1CCCC(C)N1C(=O)Cc1ccc2c(c1)N(C)C(=O)CCO2. The van der Waals surface area contributed by atoms with Gasteiger partial charge >= 0.3 is 0 Å². The van der Waals surface area contributed by atoms with Crippen LogP contribution in [0.25, 0.3) is 0 Å². The minimum atomic E-state index is 0.0375. The molecular weight excluding hydrogens is 304 g/mol. The van der Waals surface area contributed by atoms with Crippen LogP contribution in [0.3, 0.4) is 0 Å². The molecule has 5 heteroatoms. The highest BCUT2D eigenvalue weighted by atomic mass is 16.5. The van der Waals surface area contributed by atoms with Crippen molar-refractivity contribution in [3.05, 3.63) is 23.8 Å². The lowest BCUT2D eigenvalue weighted by atomic mass is 9.96. The predicted molar refractivity (Wildman–Crippen MR) is 93.3 cm³/mol. The van der Waals surface area contributed by atoms with Crippen molar-refractivity contribution in [2.45, 2.75) is 58.0 Å². The number of benzene rings is 1. The molecule has 2 amide bonds. The number of carbonyl (C=O) groups excluding carboxylic acids is 2. The molecule has 0 radical (unpaired) electrons. The molecule has 1 aromatic rings. The van der Waals surface area contributed by atoms with Gasteiger partial charge in [0.1, 0.15) is 5.75 Å². The molecular formula is C19H26N2O3. The van der Waals surface area contributed by atoms with Crippen molar-refractivity contribution in [1.82, 2.24) is 4.90 Å². The molecule has 0 aromatic heterocycles. The van der Waals surface area contributed by atoms with E-state index in [2.05, 4.69) is 13.8 Å². The number of anilines is 1. The highest BCUT2D eigenvalue weighted by Gasteiger charge is 2.29. The van der Waals surface area contributed by atoms with Crippen molar-refractivity contribution in [1.29, 1.82) is 0 Å². The summed E-state index contributed by atoms with van der Waals surface area (Å²) in [4.78, 5) is 28.5. The summed E-state index contributed by atoms with van der Waals surface area (Å²) in [5.74, 6) is 0.910. The Morgan fingerprint density at radius 3 is 2.67 bits per heavy atom. The summed E-state index contributed by atoms with van der Waals surface area (Å²) in [5.41, 5.74) is 1.68. The molecule has 1 aromatic carbocycles. The number of hydrogen-bond donors (Lipinski definition) is 0. The third-order valence-corrected chi connectivity index (χ3v) is 5.17. The van der Waals surface area contributed by atoms with E-state index in [0.29, 0.717) is 37.3 Å². The van der Waals surface area contributed by atoms with Crippen LogP contribution in [0.4, 0.5) is 5.69 Å². The lowest BCUT2D eigenvalue weighted by Crippen LogP contribution is -2.48. The number of fused-ring (bicyclic) bond motifs is 1. The second-order valence-corrected chi connectivity index (χ2v) is 6.96. The molecule has 130 valence electrons. The first-order chi connectivity index (χ1) is 11.5. The fourth-order valence-corrected chi connectivity index (χ4v) is 3.79. The highest BCUT2D eigenvalue weighted by Crippen LogP contribution is 2.32. The van der Waals surface area contributed by atoms with E-state index >= 15 is 0 Å². The number of carbonyl (C=O) groups is 2. The molecule has 0 spiro atoms. The zero-order chi connectivity index (χ0) is 17.3. The number of hydrogen-bond acceptors (Lipinski definition) is 3. The topological polar surface area (TPSA) is 49.9 Å². The summed E-state index contributed by atoms with van der Waals surface area (Å²) >= 11 is 0. The van der Waals surface area contributed by atoms with Crippen LogP contribution in [0.1, 0.15) is 45.1 Å². The predicted octanol–water partition coefficient (Wildman–Crippen LogP) is 2.76. The average molecular weight is 330 g/mol. The van der Waals surface area contributed by atoms with E-state index in [1.807, 2.05) is 23.1 Å². The summed E-state index contributed by atoms with van der Waals surface area (Å²) in [6.07, 6.45) is 4.08. The Bertz CT molecular complexity index is 633. The molecule has 2 atom stereocenters. The maximum absolute atomic E-state index is 12.8. The second kappa shape index (κ2) is 6.83. The van der Waals surface area contributed by atoms with Gasteiger partial charge in [-0.3, -0.25) is 9.59 Å². The van der Waals surface area contributed by atoms with Crippen LogP contribution in [-0.2, 0) is 16.0 Å². The standard InChI is InChI=1S/C19H26N2O3/c1-13-5-4-6-14(2)21(13)19(23)12-15-7-8-17-16(11-15)20(3)18(22)9-10-24-17/h7-8,11,13-14H,4-6,9-10,12H2,1-3H3. The van der Waals surface area contributed by atoms with Crippen LogP contribution in [-0.4, -0.2) is 42.5 Å². The molecule has 24 heavy (non-hydrogen) atoms. The first-order valence-electron chi connectivity index (χ1n) is 8.81. The van der Waals surface area contributed by atoms with Gasteiger partial charge in [0.2, 0.25) is 11.8 Å². The van der Waals surface area contributed by atoms with E-state index in [9.17, 15) is 9.59 Å². The van der Waals surface area contributed by atoms with Crippen LogP contribution >= 0.6 is 0 Å². The summed E-state index contributed by atoms with van der Waals surface area (Å²) in [5, 5.41) is 0. The quantitative estimate of drug-likeness (QED) is 0.838. The molecule has 0 aliphatic carbocycles. The lowest BCUT2D eigenvalue weighted by molar-refractivity contribution is -0.136. The van der Waals surface area contributed by atoms with Crippen LogP contribution in [0, 0.1) is 0 Å². The minimum Gasteiger partial charge on any atom is -0.491 e. The van der Waals surface area contributed by atoms with Gasteiger partial charge in [0.15, 0.2) is 0 Å². The van der Waals surface area contributed by atoms with Gasteiger partial charge in [0.25, 0.3) is 0 Å². The lowest BCUT2D eigenvalue weighted by Gasteiger charge is -2.39. The Morgan fingerprint density at radius 2 is 1.96 bits per heavy atom. The molecule has 1 fully saturated rings. The first-order valence-corrected chi connectivity index (χ1v) is 8.81. The van der Waals surface area contributed by atoms with E-state index in [-0.39, 0.29) is 11.8 Å². The van der Waals surface area contributed by atoms with Gasteiger partial charge in [0.05, 0.1) is 25.1 Å². The number of nitrogens with zero attached hydrogens (tertiary/aromatic N) is 2. The monoisotopic (exact) mass is 330 g/mol. The van der Waals surface area contributed by atoms with Gasteiger partial charge < -0.3 is 14.5 Å². The minimum absolute atomic E-state index is 0.0375. The van der Waals surface area contributed by atoms with Gasteiger partial charge in [-0.15, -0.1) is 0 Å². The Labute approximate surface area is 143 Å². The summed E-state index contributed by atoms with van der Waals surface area (Å²) in [6.45, 7) is 4.66. The third kappa shape index (κ3) is 3.25. The summed E-state index contributed by atoms with van der Waals surface area (Å²) in [7, 11) is 1.76.